The first-order chi connectivity index (χ1) is 10.9. The van der Waals surface area contributed by atoms with Crippen LogP contribution in [0.1, 0.15) is 32.0 Å². The molecule has 2 aromatic carbocycles. The Morgan fingerprint density at radius 2 is 1.70 bits per heavy atom. The Hall–Kier alpha value is -1.87. The zero-order chi connectivity index (χ0) is 16.6. The van der Waals surface area contributed by atoms with Gasteiger partial charge < -0.3 is 0 Å². The van der Waals surface area contributed by atoms with Gasteiger partial charge in [0.05, 0.1) is 0 Å². The van der Waals surface area contributed by atoms with Crippen LogP contribution >= 0.6 is 15.9 Å². The van der Waals surface area contributed by atoms with Gasteiger partial charge in [-0.2, -0.15) is 0 Å². The van der Waals surface area contributed by atoms with E-state index in [0.29, 0.717) is 0 Å². The number of rotatable bonds is 2. The van der Waals surface area contributed by atoms with Crippen LogP contribution in [0.3, 0.4) is 0 Å². The third kappa shape index (κ3) is 3.11. The SMILES string of the molecule is Cc1ccc(Br)c(-c2ncc(C(C)(C)C)n2-c2ccccc2)c1. The lowest BCUT2D eigenvalue weighted by Crippen LogP contribution is -2.17. The predicted molar refractivity (Wildman–Crippen MR) is 100 cm³/mol. The Labute approximate surface area is 146 Å². The maximum atomic E-state index is 4.76. The van der Waals surface area contributed by atoms with Gasteiger partial charge in [-0.3, -0.25) is 4.57 Å². The molecule has 3 aromatic rings. The second-order valence-electron chi connectivity index (χ2n) is 6.87. The summed E-state index contributed by atoms with van der Waals surface area (Å²) < 4.78 is 3.32. The van der Waals surface area contributed by atoms with Crippen LogP contribution < -0.4 is 0 Å². The minimum absolute atomic E-state index is 0.0113. The van der Waals surface area contributed by atoms with Gasteiger partial charge in [0.1, 0.15) is 5.82 Å². The molecular formula is C20H21BrN2. The Balaban J connectivity index is 2.31. The summed E-state index contributed by atoms with van der Waals surface area (Å²) in [6.45, 7) is 8.77. The topological polar surface area (TPSA) is 17.8 Å². The van der Waals surface area contributed by atoms with Crippen LogP contribution in [0.2, 0.25) is 0 Å². The number of aryl methyl sites for hydroxylation is 1. The van der Waals surface area contributed by atoms with Crippen LogP contribution in [0.25, 0.3) is 17.1 Å². The number of hydrogen-bond donors (Lipinski definition) is 0. The van der Waals surface area contributed by atoms with Gasteiger partial charge in [-0.05, 0) is 31.2 Å². The van der Waals surface area contributed by atoms with E-state index in [1.807, 2.05) is 12.3 Å². The largest absolute Gasteiger partial charge is 0.296 e. The van der Waals surface area contributed by atoms with Crippen molar-refractivity contribution in [3.63, 3.8) is 0 Å². The molecule has 3 heteroatoms. The van der Waals surface area contributed by atoms with Crippen molar-refractivity contribution in [3.05, 3.63) is 70.5 Å². The number of benzene rings is 2. The molecule has 0 unspecified atom stereocenters. The maximum Gasteiger partial charge on any atom is 0.145 e. The number of halogens is 1. The molecule has 0 N–H and O–H groups in total. The fraction of sp³-hybridized carbons (Fsp3) is 0.250. The first-order valence-corrected chi connectivity index (χ1v) is 8.57. The second kappa shape index (κ2) is 5.97. The van der Waals surface area contributed by atoms with E-state index in [-0.39, 0.29) is 5.41 Å². The third-order valence-corrected chi connectivity index (χ3v) is 4.60. The van der Waals surface area contributed by atoms with Crippen LogP contribution in [0.4, 0.5) is 0 Å². The summed E-state index contributed by atoms with van der Waals surface area (Å²) in [5, 5.41) is 0. The van der Waals surface area contributed by atoms with Gasteiger partial charge in [0.15, 0.2) is 0 Å². The van der Waals surface area contributed by atoms with E-state index < -0.39 is 0 Å². The Kier molecular flexibility index (Phi) is 4.15. The highest BCUT2D eigenvalue weighted by molar-refractivity contribution is 9.10. The molecule has 0 saturated carbocycles. The van der Waals surface area contributed by atoms with Crippen LogP contribution in [-0.4, -0.2) is 9.55 Å². The summed E-state index contributed by atoms with van der Waals surface area (Å²) in [5.74, 6) is 0.969. The lowest BCUT2D eigenvalue weighted by atomic mass is 9.92. The van der Waals surface area contributed by atoms with Crippen molar-refractivity contribution in [1.82, 2.24) is 9.55 Å². The molecule has 2 nitrogen and oxygen atoms in total. The van der Waals surface area contributed by atoms with Gasteiger partial charge in [-0.1, -0.05) is 66.5 Å². The van der Waals surface area contributed by atoms with Crippen LogP contribution in [0, 0.1) is 6.92 Å². The van der Waals surface area contributed by atoms with E-state index in [1.54, 1.807) is 0 Å². The summed E-state index contributed by atoms with van der Waals surface area (Å²) in [6, 6.07) is 16.8. The lowest BCUT2D eigenvalue weighted by molar-refractivity contribution is 0.557. The molecule has 0 bridgehead atoms. The second-order valence-corrected chi connectivity index (χ2v) is 7.73. The molecule has 0 aliphatic carbocycles. The molecule has 0 aliphatic rings. The lowest BCUT2D eigenvalue weighted by Gasteiger charge is -2.22. The highest BCUT2D eigenvalue weighted by atomic mass is 79.9. The third-order valence-electron chi connectivity index (χ3n) is 3.91. The molecule has 0 atom stereocenters. The number of para-hydroxylation sites is 1. The number of hydrogen-bond acceptors (Lipinski definition) is 1. The minimum Gasteiger partial charge on any atom is -0.296 e. The zero-order valence-electron chi connectivity index (χ0n) is 14.0. The molecular weight excluding hydrogens is 348 g/mol. The van der Waals surface area contributed by atoms with Gasteiger partial charge in [0, 0.05) is 33.0 Å². The first kappa shape index (κ1) is 16.0. The van der Waals surface area contributed by atoms with Crippen molar-refractivity contribution in [2.75, 3.05) is 0 Å². The molecule has 1 heterocycles. The van der Waals surface area contributed by atoms with Gasteiger partial charge >= 0.3 is 0 Å². The average molecular weight is 369 g/mol. The smallest absolute Gasteiger partial charge is 0.145 e. The standard InChI is InChI=1S/C20H21BrN2/c1-14-10-11-17(21)16(12-14)19-22-13-18(20(2,3)4)23(19)15-8-6-5-7-9-15/h5-13H,1-4H3. The van der Waals surface area contributed by atoms with Crippen molar-refractivity contribution in [3.8, 4) is 17.1 Å². The van der Waals surface area contributed by atoms with Gasteiger partial charge in [0.25, 0.3) is 0 Å². The van der Waals surface area contributed by atoms with Gasteiger partial charge in [0.2, 0.25) is 0 Å². The molecule has 1 aromatic heterocycles. The normalized spacial score (nSPS) is 11.7. The predicted octanol–water partition coefficient (Wildman–Crippen LogP) is 5.91. The fourth-order valence-corrected chi connectivity index (χ4v) is 3.14. The summed E-state index contributed by atoms with van der Waals surface area (Å²) in [7, 11) is 0. The van der Waals surface area contributed by atoms with E-state index in [1.165, 1.54) is 11.3 Å². The molecule has 0 radical (unpaired) electrons. The summed E-state index contributed by atoms with van der Waals surface area (Å²) in [6.07, 6.45) is 2.00. The van der Waals surface area contributed by atoms with Crippen LogP contribution in [-0.2, 0) is 5.41 Å². The van der Waals surface area contributed by atoms with Gasteiger partial charge in [-0.15, -0.1) is 0 Å². The van der Waals surface area contributed by atoms with Crippen molar-refractivity contribution in [2.45, 2.75) is 33.1 Å². The molecule has 23 heavy (non-hydrogen) atoms. The Morgan fingerprint density at radius 1 is 1.00 bits per heavy atom. The Bertz CT molecular complexity index is 827. The first-order valence-electron chi connectivity index (χ1n) is 7.78. The molecule has 3 rings (SSSR count). The maximum absolute atomic E-state index is 4.76. The molecule has 0 spiro atoms. The van der Waals surface area contributed by atoms with Crippen LogP contribution in [0.5, 0.6) is 0 Å². The molecule has 0 aliphatic heterocycles. The zero-order valence-corrected chi connectivity index (χ0v) is 15.6. The van der Waals surface area contributed by atoms with E-state index in [4.69, 9.17) is 4.98 Å². The van der Waals surface area contributed by atoms with Crippen LogP contribution in [0.15, 0.2) is 59.2 Å². The quantitative estimate of drug-likeness (QED) is 0.549. The van der Waals surface area contributed by atoms with E-state index >= 15 is 0 Å². The molecule has 0 amide bonds. The fourth-order valence-electron chi connectivity index (χ4n) is 2.72. The molecule has 0 fully saturated rings. The summed E-state index contributed by atoms with van der Waals surface area (Å²) in [5.41, 5.74) is 4.69. The number of aromatic nitrogens is 2. The number of nitrogens with zero attached hydrogens (tertiary/aromatic N) is 2. The molecule has 118 valence electrons. The average Bonchev–Trinajstić information content (AvgIpc) is 2.95. The Morgan fingerprint density at radius 3 is 2.35 bits per heavy atom. The van der Waals surface area contributed by atoms with E-state index in [9.17, 15) is 0 Å². The van der Waals surface area contributed by atoms with E-state index in [2.05, 4.69) is 90.7 Å². The van der Waals surface area contributed by atoms with Gasteiger partial charge in [-0.25, -0.2) is 4.98 Å². The highest BCUT2D eigenvalue weighted by Gasteiger charge is 2.24. The van der Waals surface area contributed by atoms with Crippen molar-refractivity contribution >= 4 is 15.9 Å². The number of imidazole rings is 1. The summed E-state index contributed by atoms with van der Waals surface area (Å²) >= 11 is 3.68. The minimum atomic E-state index is 0.0113. The van der Waals surface area contributed by atoms with E-state index in [0.717, 1.165) is 21.5 Å². The van der Waals surface area contributed by atoms with Crippen molar-refractivity contribution in [1.29, 1.82) is 0 Å². The monoisotopic (exact) mass is 368 g/mol. The van der Waals surface area contributed by atoms with Crippen molar-refractivity contribution < 1.29 is 0 Å². The van der Waals surface area contributed by atoms with Crippen molar-refractivity contribution in [2.24, 2.45) is 0 Å². The highest BCUT2D eigenvalue weighted by Crippen LogP contribution is 2.34. The summed E-state index contributed by atoms with van der Waals surface area (Å²) in [4.78, 5) is 4.76. The molecule has 0 saturated heterocycles.